The number of halogens is 2. The predicted molar refractivity (Wildman–Crippen MR) is 160 cm³/mol. The van der Waals surface area contributed by atoms with Gasteiger partial charge in [-0.3, -0.25) is 0 Å². The van der Waals surface area contributed by atoms with Crippen LogP contribution >= 0.6 is 23.2 Å². The fraction of sp³-hybridized carbons (Fsp3) is 0. The third-order valence-electron chi connectivity index (χ3n) is 5.51. The van der Waals surface area contributed by atoms with Crippen molar-refractivity contribution in [3.8, 4) is 0 Å². The van der Waals surface area contributed by atoms with Crippen molar-refractivity contribution in [1.82, 2.24) is 9.44 Å². The zero-order valence-electron chi connectivity index (χ0n) is 21.5. The summed E-state index contributed by atoms with van der Waals surface area (Å²) in [7, 11) is -12.7. The van der Waals surface area contributed by atoms with Crippen molar-refractivity contribution in [3.63, 3.8) is 0 Å². The van der Waals surface area contributed by atoms with Gasteiger partial charge in [0.05, 0.1) is 19.6 Å². The molecule has 224 valence electrons. The predicted octanol–water partition coefficient (Wildman–Crippen LogP) is 4.85. The number of rotatable bonds is 8. The van der Waals surface area contributed by atoms with Crippen molar-refractivity contribution in [2.45, 2.75) is 19.6 Å². The average Bonchev–Trinajstić information content (AvgIpc) is 2.93. The number of amides is 4. The smallest absolute Gasteiger partial charge is 0.307 e. The SMILES string of the molecule is O=C(Nc1cccc(S(=O)(=O)c2cccc(NC(=O)NS(=O)(=O)c3ccc(Cl)cc3)c2)c1)NS(=O)(=O)c1ccc(Cl)cc1. The van der Waals surface area contributed by atoms with Crippen LogP contribution in [0.2, 0.25) is 10.0 Å². The van der Waals surface area contributed by atoms with Gasteiger partial charge in [-0.15, -0.1) is 0 Å². The molecule has 0 spiro atoms. The van der Waals surface area contributed by atoms with E-state index in [1.807, 2.05) is 9.44 Å². The van der Waals surface area contributed by atoms with Crippen LogP contribution in [-0.2, 0) is 29.9 Å². The average molecular weight is 684 g/mol. The number of carbonyl (C=O) groups excluding carboxylic acids is 2. The van der Waals surface area contributed by atoms with Crippen LogP contribution in [0.25, 0.3) is 0 Å². The number of hydrogen-bond acceptors (Lipinski definition) is 8. The van der Waals surface area contributed by atoms with E-state index in [0.29, 0.717) is 10.0 Å². The van der Waals surface area contributed by atoms with Crippen molar-refractivity contribution >= 4 is 76.5 Å². The molecule has 4 amide bonds. The first-order chi connectivity index (χ1) is 20.2. The number of benzene rings is 4. The lowest BCUT2D eigenvalue weighted by Gasteiger charge is -2.12. The summed E-state index contributed by atoms with van der Waals surface area (Å²) in [6.07, 6.45) is 0. The van der Waals surface area contributed by atoms with Crippen LogP contribution in [-0.4, -0.2) is 37.3 Å². The number of sulfone groups is 1. The molecule has 0 aliphatic carbocycles. The minimum Gasteiger partial charge on any atom is -0.307 e. The van der Waals surface area contributed by atoms with Gasteiger partial charge in [0.25, 0.3) is 20.0 Å². The van der Waals surface area contributed by atoms with Gasteiger partial charge in [-0.2, -0.15) is 0 Å². The zero-order valence-corrected chi connectivity index (χ0v) is 25.4. The normalized spacial score (nSPS) is 11.8. The van der Waals surface area contributed by atoms with Crippen LogP contribution in [0.5, 0.6) is 0 Å². The summed E-state index contributed by atoms with van der Waals surface area (Å²) < 4.78 is 80.0. The van der Waals surface area contributed by atoms with Crippen LogP contribution in [0.15, 0.2) is 117 Å². The molecule has 0 atom stereocenters. The first-order valence-corrected chi connectivity index (χ1v) is 17.0. The molecule has 4 rings (SSSR count). The highest BCUT2D eigenvalue weighted by Gasteiger charge is 2.22. The third kappa shape index (κ3) is 8.03. The summed E-state index contributed by atoms with van der Waals surface area (Å²) in [5.74, 6) is 0. The Morgan fingerprint density at radius 3 is 1.19 bits per heavy atom. The Hall–Kier alpha value is -4.15. The fourth-order valence-corrected chi connectivity index (χ4v) is 6.94. The number of anilines is 2. The van der Waals surface area contributed by atoms with Crippen LogP contribution in [0.3, 0.4) is 0 Å². The van der Waals surface area contributed by atoms with Crippen LogP contribution in [0, 0.1) is 0 Å². The molecule has 0 saturated carbocycles. The van der Waals surface area contributed by atoms with Gasteiger partial charge in [0, 0.05) is 21.4 Å². The molecule has 4 aromatic carbocycles. The number of hydrogen-bond donors (Lipinski definition) is 4. The Morgan fingerprint density at radius 2 is 0.837 bits per heavy atom. The molecule has 0 heterocycles. The standard InChI is InChI=1S/C26H20Cl2N4O8S3/c27-17-7-11-21(12-8-17)42(37,38)31-25(33)29-19-3-1-5-23(15-19)41(35,36)24-6-2-4-20(16-24)30-26(34)32-43(39,40)22-13-9-18(28)10-14-22/h1-16H,(H2,29,31,33)(H2,30,32,34). The van der Waals surface area contributed by atoms with E-state index in [1.54, 1.807) is 0 Å². The van der Waals surface area contributed by atoms with Crippen LogP contribution < -0.4 is 20.1 Å². The minimum absolute atomic E-state index is 0.0362. The van der Waals surface area contributed by atoms with Gasteiger partial charge in [-0.25, -0.2) is 44.3 Å². The van der Waals surface area contributed by atoms with E-state index >= 15 is 0 Å². The first-order valence-electron chi connectivity index (χ1n) is 11.8. The van der Waals surface area contributed by atoms with Gasteiger partial charge >= 0.3 is 12.1 Å². The highest BCUT2D eigenvalue weighted by atomic mass is 35.5. The van der Waals surface area contributed by atoms with Crippen molar-refractivity contribution in [3.05, 3.63) is 107 Å². The summed E-state index contributed by atoms with van der Waals surface area (Å²) in [5, 5.41) is 5.14. The molecule has 4 aromatic rings. The van der Waals surface area contributed by atoms with E-state index in [4.69, 9.17) is 23.2 Å². The summed E-state index contributed by atoms with van der Waals surface area (Å²) in [4.78, 5) is 23.8. The molecule has 0 aromatic heterocycles. The maximum absolute atomic E-state index is 13.3. The monoisotopic (exact) mass is 682 g/mol. The lowest BCUT2D eigenvalue weighted by atomic mass is 10.3. The van der Waals surface area contributed by atoms with Crippen LogP contribution in [0.4, 0.5) is 21.0 Å². The Kier molecular flexibility index (Phi) is 9.32. The quantitative estimate of drug-likeness (QED) is 0.203. The van der Waals surface area contributed by atoms with E-state index in [-0.39, 0.29) is 31.0 Å². The van der Waals surface area contributed by atoms with E-state index in [0.717, 1.165) is 12.1 Å². The molecule has 0 saturated heterocycles. The summed E-state index contributed by atoms with van der Waals surface area (Å²) >= 11 is 11.5. The number of nitrogens with one attached hydrogen (secondary N) is 4. The summed E-state index contributed by atoms with van der Waals surface area (Å²) in [6.45, 7) is 0. The molecule has 0 unspecified atom stereocenters. The lowest BCUT2D eigenvalue weighted by molar-refractivity contribution is 0.255. The number of urea groups is 2. The highest BCUT2D eigenvalue weighted by molar-refractivity contribution is 7.91. The van der Waals surface area contributed by atoms with Gasteiger partial charge in [0.1, 0.15) is 0 Å². The molecule has 0 bridgehead atoms. The van der Waals surface area contributed by atoms with Gasteiger partial charge in [0.15, 0.2) is 0 Å². The molecule has 0 radical (unpaired) electrons. The molecule has 0 aliphatic heterocycles. The minimum atomic E-state index is -4.24. The third-order valence-corrected chi connectivity index (χ3v) is 10.5. The Morgan fingerprint density at radius 1 is 0.488 bits per heavy atom. The Balaban J connectivity index is 1.47. The second-order valence-corrected chi connectivity index (χ2v) is 14.8. The second kappa shape index (κ2) is 12.6. The molecule has 0 fully saturated rings. The Bertz CT molecular complexity index is 1880. The van der Waals surface area contributed by atoms with Gasteiger partial charge in [-0.05, 0) is 84.9 Å². The molecule has 17 heteroatoms. The maximum Gasteiger partial charge on any atom is 0.333 e. The van der Waals surface area contributed by atoms with E-state index in [9.17, 15) is 34.8 Å². The fourth-order valence-electron chi connectivity index (χ4n) is 3.52. The first kappa shape index (κ1) is 31.8. The van der Waals surface area contributed by atoms with Crippen molar-refractivity contribution < 1.29 is 34.8 Å². The number of carbonyl (C=O) groups is 2. The Labute approximate surface area is 257 Å². The molecular formula is C26H20Cl2N4O8S3. The molecule has 0 aliphatic rings. The van der Waals surface area contributed by atoms with E-state index in [1.165, 1.54) is 84.9 Å². The highest BCUT2D eigenvalue weighted by Crippen LogP contribution is 2.26. The topological polar surface area (TPSA) is 185 Å². The zero-order chi connectivity index (χ0) is 31.4. The largest absolute Gasteiger partial charge is 0.333 e. The van der Waals surface area contributed by atoms with Gasteiger partial charge in [0.2, 0.25) is 9.84 Å². The van der Waals surface area contributed by atoms with E-state index in [2.05, 4.69) is 10.6 Å². The van der Waals surface area contributed by atoms with Gasteiger partial charge in [-0.1, -0.05) is 35.3 Å². The van der Waals surface area contributed by atoms with Crippen molar-refractivity contribution in [2.24, 2.45) is 0 Å². The molecule has 12 nitrogen and oxygen atoms in total. The second-order valence-electron chi connectivity index (χ2n) is 8.59. The number of sulfonamides is 2. The summed E-state index contributed by atoms with van der Waals surface area (Å²) in [5.41, 5.74) is -0.0723. The molecule has 4 N–H and O–H groups in total. The van der Waals surface area contributed by atoms with E-state index < -0.39 is 41.9 Å². The van der Waals surface area contributed by atoms with Crippen molar-refractivity contribution in [1.29, 1.82) is 0 Å². The lowest BCUT2D eigenvalue weighted by Crippen LogP contribution is -2.34. The molecule has 43 heavy (non-hydrogen) atoms. The maximum atomic E-state index is 13.3. The van der Waals surface area contributed by atoms with Crippen LogP contribution in [0.1, 0.15) is 0 Å². The van der Waals surface area contributed by atoms with Gasteiger partial charge < -0.3 is 10.6 Å². The summed E-state index contributed by atoms with van der Waals surface area (Å²) in [6, 6.07) is 17.9. The van der Waals surface area contributed by atoms with Crippen molar-refractivity contribution in [2.75, 3.05) is 10.6 Å². The molecular weight excluding hydrogens is 663 g/mol.